The van der Waals surface area contributed by atoms with E-state index in [-0.39, 0.29) is 5.91 Å². The number of ether oxygens (including phenoxy) is 2. The quantitative estimate of drug-likeness (QED) is 0.690. The van der Waals surface area contributed by atoms with Crippen LogP contribution >= 0.6 is 11.6 Å². The first-order valence-electron chi connectivity index (χ1n) is 8.59. The molecule has 25 heavy (non-hydrogen) atoms. The number of aryl methyl sites for hydroxylation is 1. The van der Waals surface area contributed by atoms with Crippen molar-refractivity contribution in [3.05, 3.63) is 52.5 Å². The molecule has 0 fully saturated rings. The highest BCUT2D eigenvalue weighted by Crippen LogP contribution is 2.37. The number of hydrogen-bond donors (Lipinski definition) is 1. The Morgan fingerprint density at radius 3 is 2.56 bits per heavy atom. The normalized spacial score (nSPS) is 10.4. The van der Waals surface area contributed by atoms with Crippen LogP contribution < -0.4 is 14.8 Å². The van der Waals surface area contributed by atoms with E-state index in [1.807, 2.05) is 38.1 Å². The number of nitrogens with one attached hydrogen (secondary N) is 1. The molecule has 0 bridgehead atoms. The van der Waals surface area contributed by atoms with Gasteiger partial charge in [-0.2, -0.15) is 0 Å². The van der Waals surface area contributed by atoms with Gasteiger partial charge >= 0.3 is 0 Å². The predicted octanol–water partition coefficient (Wildman–Crippen LogP) is 5.34. The van der Waals surface area contributed by atoms with Gasteiger partial charge in [0.1, 0.15) is 0 Å². The van der Waals surface area contributed by atoms with Gasteiger partial charge in [-0.25, -0.2) is 0 Å². The molecule has 0 heterocycles. The zero-order valence-corrected chi connectivity index (χ0v) is 15.7. The van der Waals surface area contributed by atoms with Gasteiger partial charge in [0, 0.05) is 11.3 Å². The highest BCUT2D eigenvalue weighted by atomic mass is 35.5. The number of hydrogen-bond acceptors (Lipinski definition) is 3. The average Bonchev–Trinajstić information content (AvgIpc) is 2.61. The number of benzene rings is 2. The Bertz CT molecular complexity index is 731. The summed E-state index contributed by atoms with van der Waals surface area (Å²) in [6, 6.07) is 11.0. The lowest BCUT2D eigenvalue weighted by molar-refractivity contribution is 0.102. The minimum absolute atomic E-state index is 0.231. The molecule has 0 atom stereocenters. The predicted molar refractivity (Wildman–Crippen MR) is 102 cm³/mol. The molecule has 0 aliphatic carbocycles. The minimum atomic E-state index is -0.231. The summed E-state index contributed by atoms with van der Waals surface area (Å²) in [5.41, 5.74) is 2.31. The third-order valence-corrected chi connectivity index (χ3v) is 3.95. The molecule has 0 saturated heterocycles. The Labute approximate surface area is 154 Å². The van der Waals surface area contributed by atoms with Gasteiger partial charge in [-0.1, -0.05) is 43.6 Å². The summed E-state index contributed by atoms with van der Waals surface area (Å²) < 4.78 is 11.3. The maximum absolute atomic E-state index is 12.7. The molecule has 0 aromatic heterocycles. The summed E-state index contributed by atoms with van der Waals surface area (Å²) in [6.45, 7) is 6.94. The lowest BCUT2D eigenvalue weighted by atomic mass is 10.1. The fraction of sp³-hybridized carbons (Fsp3) is 0.350. The maximum Gasteiger partial charge on any atom is 0.255 e. The van der Waals surface area contributed by atoms with Crippen molar-refractivity contribution in [1.82, 2.24) is 0 Å². The Morgan fingerprint density at radius 2 is 1.88 bits per heavy atom. The number of carbonyl (C=O) groups excluding carboxylic acids is 1. The number of halogens is 1. The number of para-hydroxylation sites is 1. The Hall–Kier alpha value is -2.20. The maximum atomic E-state index is 12.7. The smallest absolute Gasteiger partial charge is 0.255 e. The molecule has 0 aliphatic heterocycles. The Morgan fingerprint density at radius 1 is 1.12 bits per heavy atom. The third-order valence-electron chi connectivity index (χ3n) is 3.67. The molecule has 0 spiro atoms. The first-order valence-corrected chi connectivity index (χ1v) is 8.96. The van der Waals surface area contributed by atoms with Crippen molar-refractivity contribution in [1.29, 1.82) is 0 Å². The topological polar surface area (TPSA) is 47.6 Å². The molecular formula is C20H24ClNO3. The molecule has 5 heteroatoms. The van der Waals surface area contributed by atoms with Gasteiger partial charge in [-0.3, -0.25) is 4.79 Å². The summed E-state index contributed by atoms with van der Waals surface area (Å²) in [5.74, 6) is 0.735. The summed E-state index contributed by atoms with van der Waals surface area (Å²) in [7, 11) is 0. The second-order valence-corrected chi connectivity index (χ2v) is 5.94. The number of anilines is 1. The van der Waals surface area contributed by atoms with Gasteiger partial charge in [0.2, 0.25) is 0 Å². The zero-order chi connectivity index (χ0) is 18.2. The second kappa shape index (κ2) is 9.33. The van der Waals surface area contributed by atoms with Crippen LogP contribution in [-0.4, -0.2) is 19.1 Å². The first-order chi connectivity index (χ1) is 12.1. The van der Waals surface area contributed by atoms with Crippen LogP contribution in [0.4, 0.5) is 5.69 Å². The first kappa shape index (κ1) is 19.1. The van der Waals surface area contributed by atoms with Crippen LogP contribution in [0.5, 0.6) is 11.5 Å². The van der Waals surface area contributed by atoms with E-state index in [4.69, 9.17) is 21.1 Å². The molecule has 0 radical (unpaired) electrons. The molecule has 1 N–H and O–H groups in total. The van der Waals surface area contributed by atoms with Gasteiger partial charge in [-0.15, -0.1) is 0 Å². The van der Waals surface area contributed by atoms with Crippen LogP contribution in [0.2, 0.25) is 5.02 Å². The van der Waals surface area contributed by atoms with Crippen molar-refractivity contribution in [3.8, 4) is 11.5 Å². The van der Waals surface area contributed by atoms with Crippen molar-refractivity contribution in [2.45, 2.75) is 33.6 Å². The molecule has 2 aromatic carbocycles. The zero-order valence-electron chi connectivity index (χ0n) is 14.9. The molecule has 0 aliphatic rings. The fourth-order valence-electron chi connectivity index (χ4n) is 2.45. The van der Waals surface area contributed by atoms with Crippen molar-refractivity contribution >= 4 is 23.2 Å². The van der Waals surface area contributed by atoms with E-state index in [0.717, 1.165) is 24.1 Å². The van der Waals surface area contributed by atoms with Crippen LogP contribution in [-0.2, 0) is 6.42 Å². The molecule has 4 nitrogen and oxygen atoms in total. The van der Waals surface area contributed by atoms with Gasteiger partial charge < -0.3 is 14.8 Å². The molecule has 0 saturated carbocycles. The van der Waals surface area contributed by atoms with E-state index >= 15 is 0 Å². The number of carbonyl (C=O) groups is 1. The lowest BCUT2D eigenvalue weighted by Gasteiger charge is -2.15. The van der Waals surface area contributed by atoms with E-state index in [2.05, 4.69) is 12.2 Å². The molecule has 2 rings (SSSR count). The molecule has 2 aromatic rings. The summed E-state index contributed by atoms with van der Waals surface area (Å²) in [6.07, 6.45) is 1.70. The van der Waals surface area contributed by atoms with Crippen molar-refractivity contribution in [2.75, 3.05) is 18.5 Å². The van der Waals surface area contributed by atoms with E-state index < -0.39 is 0 Å². The van der Waals surface area contributed by atoms with E-state index in [1.165, 1.54) is 0 Å². The van der Waals surface area contributed by atoms with Crippen LogP contribution in [0.3, 0.4) is 0 Å². The summed E-state index contributed by atoms with van der Waals surface area (Å²) in [5, 5.41) is 3.31. The Kier molecular flexibility index (Phi) is 7.14. The highest BCUT2D eigenvalue weighted by molar-refractivity contribution is 6.32. The van der Waals surface area contributed by atoms with Gasteiger partial charge in [0.05, 0.1) is 18.2 Å². The van der Waals surface area contributed by atoms with Gasteiger partial charge in [0.15, 0.2) is 11.5 Å². The largest absolute Gasteiger partial charge is 0.490 e. The number of rotatable bonds is 8. The van der Waals surface area contributed by atoms with E-state index in [0.29, 0.717) is 35.3 Å². The van der Waals surface area contributed by atoms with E-state index in [1.54, 1.807) is 12.1 Å². The van der Waals surface area contributed by atoms with E-state index in [9.17, 15) is 4.79 Å². The van der Waals surface area contributed by atoms with Crippen LogP contribution in [0.15, 0.2) is 36.4 Å². The fourth-order valence-corrected chi connectivity index (χ4v) is 2.72. The lowest BCUT2D eigenvalue weighted by Crippen LogP contribution is -2.14. The van der Waals surface area contributed by atoms with Crippen molar-refractivity contribution in [3.63, 3.8) is 0 Å². The standard InChI is InChI=1S/C20H24ClNO3/c1-4-11-25-19-16(21)12-15(13-18(19)24-6-3)20(23)22-17-10-8-7-9-14(17)5-2/h7-10,12-13H,4-6,11H2,1-3H3,(H,22,23). The highest BCUT2D eigenvalue weighted by Gasteiger charge is 2.17. The Balaban J connectivity index is 2.30. The average molecular weight is 362 g/mol. The summed E-state index contributed by atoms with van der Waals surface area (Å²) in [4.78, 5) is 12.7. The monoisotopic (exact) mass is 361 g/mol. The van der Waals surface area contributed by atoms with Gasteiger partial charge in [-0.05, 0) is 43.5 Å². The van der Waals surface area contributed by atoms with Crippen molar-refractivity contribution < 1.29 is 14.3 Å². The molecule has 134 valence electrons. The van der Waals surface area contributed by atoms with Crippen LogP contribution in [0.1, 0.15) is 43.1 Å². The van der Waals surface area contributed by atoms with Crippen molar-refractivity contribution in [2.24, 2.45) is 0 Å². The molecule has 0 unspecified atom stereocenters. The third kappa shape index (κ3) is 4.89. The molecule has 1 amide bonds. The molecular weight excluding hydrogens is 338 g/mol. The minimum Gasteiger partial charge on any atom is -0.490 e. The van der Waals surface area contributed by atoms with Crippen LogP contribution in [0.25, 0.3) is 0 Å². The van der Waals surface area contributed by atoms with Crippen LogP contribution in [0, 0.1) is 0 Å². The second-order valence-electron chi connectivity index (χ2n) is 5.53. The SMILES string of the molecule is CCCOc1c(Cl)cc(C(=O)Nc2ccccc2CC)cc1OCC. The number of amides is 1. The van der Waals surface area contributed by atoms with Gasteiger partial charge in [0.25, 0.3) is 5.91 Å². The summed E-state index contributed by atoms with van der Waals surface area (Å²) >= 11 is 6.33.